The lowest BCUT2D eigenvalue weighted by atomic mass is 9.70. The Kier molecular flexibility index (Phi) is 2.91. The lowest BCUT2D eigenvalue weighted by Crippen LogP contribution is -2.34. The third-order valence-corrected chi connectivity index (χ3v) is 4.28. The predicted octanol–water partition coefficient (Wildman–Crippen LogP) is 1.50. The van der Waals surface area contributed by atoms with Crippen molar-refractivity contribution in [2.75, 3.05) is 13.1 Å². The molecule has 0 radical (unpaired) electrons. The Morgan fingerprint density at radius 3 is 2.31 bits per heavy atom. The van der Waals surface area contributed by atoms with Crippen LogP contribution < -0.4 is 0 Å². The molecular formula is C12H19NO3. The average Bonchev–Trinajstić information content (AvgIpc) is 2.63. The highest BCUT2D eigenvalue weighted by Gasteiger charge is 2.42. The van der Waals surface area contributed by atoms with Crippen LogP contribution in [0.15, 0.2) is 0 Å². The van der Waals surface area contributed by atoms with Gasteiger partial charge in [-0.1, -0.05) is 0 Å². The lowest BCUT2D eigenvalue weighted by molar-refractivity contribution is -0.143. The number of carboxylic acid groups (broad SMARTS) is 1. The SMILES string of the molecule is CC(=O)N1CCC2(CCC(C(=O)O)CC2)C1. The molecular weight excluding hydrogens is 206 g/mol. The van der Waals surface area contributed by atoms with Crippen molar-refractivity contribution in [1.29, 1.82) is 0 Å². The number of likely N-dealkylation sites (tertiary alicyclic amines) is 1. The van der Waals surface area contributed by atoms with Crippen LogP contribution >= 0.6 is 0 Å². The van der Waals surface area contributed by atoms with Crippen molar-refractivity contribution in [3.8, 4) is 0 Å². The Balaban J connectivity index is 1.93. The Labute approximate surface area is 95.6 Å². The molecule has 1 amide bonds. The highest BCUT2D eigenvalue weighted by atomic mass is 16.4. The number of carbonyl (C=O) groups is 2. The fourth-order valence-electron chi connectivity index (χ4n) is 3.09. The zero-order valence-corrected chi connectivity index (χ0v) is 9.74. The van der Waals surface area contributed by atoms with Gasteiger partial charge in [0.25, 0.3) is 0 Å². The van der Waals surface area contributed by atoms with E-state index in [0.717, 1.165) is 45.2 Å². The molecule has 2 rings (SSSR count). The van der Waals surface area contributed by atoms with Crippen molar-refractivity contribution in [2.45, 2.75) is 39.0 Å². The molecule has 1 saturated heterocycles. The van der Waals surface area contributed by atoms with Crippen LogP contribution in [0.4, 0.5) is 0 Å². The van der Waals surface area contributed by atoms with E-state index in [0.29, 0.717) is 0 Å². The number of aliphatic carboxylic acids is 1. The molecule has 1 aliphatic carbocycles. The minimum Gasteiger partial charge on any atom is -0.481 e. The van der Waals surface area contributed by atoms with Crippen LogP contribution in [0.3, 0.4) is 0 Å². The second-order valence-corrected chi connectivity index (χ2v) is 5.30. The molecule has 0 aromatic carbocycles. The monoisotopic (exact) mass is 225 g/mol. The maximum atomic E-state index is 11.3. The van der Waals surface area contributed by atoms with Gasteiger partial charge in [-0.2, -0.15) is 0 Å². The molecule has 1 N–H and O–H groups in total. The van der Waals surface area contributed by atoms with E-state index >= 15 is 0 Å². The first kappa shape index (κ1) is 11.4. The number of rotatable bonds is 1. The summed E-state index contributed by atoms with van der Waals surface area (Å²) < 4.78 is 0. The molecule has 2 fully saturated rings. The summed E-state index contributed by atoms with van der Waals surface area (Å²) in [6.07, 6.45) is 4.54. The van der Waals surface area contributed by atoms with Crippen molar-refractivity contribution in [3.05, 3.63) is 0 Å². The van der Waals surface area contributed by atoms with E-state index < -0.39 is 5.97 Å². The standard InChI is InChI=1S/C12H19NO3/c1-9(14)13-7-6-12(8-13)4-2-10(3-5-12)11(15)16/h10H,2-8H2,1H3,(H,15,16). The summed E-state index contributed by atoms with van der Waals surface area (Å²) in [7, 11) is 0. The number of hydrogen-bond donors (Lipinski definition) is 1. The fraction of sp³-hybridized carbons (Fsp3) is 0.833. The number of amides is 1. The van der Waals surface area contributed by atoms with E-state index in [9.17, 15) is 9.59 Å². The van der Waals surface area contributed by atoms with E-state index in [1.165, 1.54) is 0 Å². The molecule has 0 aromatic rings. The van der Waals surface area contributed by atoms with Crippen LogP contribution in [-0.4, -0.2) is 35.0 Å². The molecule has 4 heteroatoms. The molecule has 0 aromatic heterocycles. The van der Waals surface area contributed by atoms with Gasteiger partial charge < -0.3 is 10.0 Å². The summed E-state index contributed by atoms with van der Waals surface area (Å²) in [5, 5.41) is 8.95. The molecule has 0 unspecified atom stereocenters. The minimum atomic E-state index is -0.656. The van der Waals surface area contributed by atoms with E-state index in [4.69, 9.17) is 5.11 Å². The fourth-order valence-corrected chi connectivity index (χ4v) is 3.09. The van der Waals surface area contributed by atoms with Gasteiger partial charge in [-0.05, 0) is 37.5 Å². The van der Waals surface area contributed by atoms with Gasteiger partial charge in [0.05, 0.1) is 5.92 Å². The number of hydrogen-bond acceptors (Lipinski definition) is 2. The van der Waals surface area contributed by atoms with Crippen molar-refractivity contribution in [3.63, 3.8) is 0 Å². The van der Waals surface area contributed by atoms with Gasteiger partial charge in [0, 0.05) is 20.0 Å². The first-order valence-electron chi connectivity index (χ1n) is 6.01. The van der Waals surface area contributed by atoms with Gasteiger partial charge >= 0.3 is 5.97 Å². The van der Waals surface area contributed by atoms with E-state index in [2.05, 4.69) is 0 Å². The molecule has 0 bridgehead atoms. The Morgan fingerprint density at radius 2 is 1.88 bits per heavy atom. The maximum Gasteiger partial charge on any atom is 0.306 e. The molecule has 16 heavy (non-hydrogen) atoms. The van der Waals surface area contributed by atoms with Gasteiger partial charge in [-0.15, -0.1) is 0 Å². The van der Waals surface area contributed by atoms with Gasteiger partial charge in [0.1, 0.15) is 0 Å². The first-order chi connectivity index (χ1) is 7.52. The van der Waals surface area contributed by atoms with E-state index in [1.807, 2.05) is 4.90 Å². The molecule has 1 aliphatic heterocycles. The van der Waals surface area contributed by atoms with Crippen LogP contribution in [0.1, 0.15) is 39.0 Å². The highest BCUT2D eigenvalue weighted by molar-refractivity contribution is 5.73. The lowest BCUT2D eigenvalue weighted by Gasteiger charge is -2.35. The normalized spacial score (nSPS) is 34.3. The number of carbonyl (C=O) groups excluding carboxylic acids is 1. The van der Waals surface area contributed by atoms with Crippen LogP contribution in [0.25, 0.3) is 0 Å². The van der Waals surface area contributed by atoms with E-state index in [-0.39, 0.29) is 17.2 Å². The van der Waals surface area contributed by atoms with Crippen molar-refractivity contribution < 1.29 is 14.7 Å². The summed E-state index contributed by atoms with van der Waals surface area (Å²) in [5.41, 5.74) is 0.234. The van der Waals surface area contributed by atoms with Gasteiger partial charge in [-0.25, -0.2) is 0 Å². The van der Waals surface area contributed by atoms with Crippen LogP contribution in [0.5, 0.6) is 0 Å². The summed E-state index contributed by atoms with van der Waals surface area (Å²) in [4.78, 5) is 24.0. The number of carboxylic acids is 1. The Morgan fingerprint density at radius 1 is 1.25 bits per heavy atom. The maximum absolute atomic E-state index is 11.3. The molecule has 1 heterocycles. The molecule has 1 spiro atoms. The summed E-state index contributed by atoms with van der Waals surface area (Å²) in [6, 6.07) is 0. The molecule has 1 saturated carbocycles. The van der Waals surface area contributed by atoms with Crippen molar-refractivity contribution in [2.24, 2.45) is 11.3 Å². The van der Waals surface area contributed by atoms with E-state index in [1.54, 1.807) is 6.92 Å². The van der Waals surface area contributed by atoms with Gasteiger partial charge in [0.15, 0.2) is 0 Å². The molecule has 2 aliphatic rings. The van der Waals surface area contributed by atoms with Crippen LogP contribution in [0.2, 0.25) is 0 Å². The zero-order valence-electron chi connectivity index (χ0n) is 9.74. The highest BCUT2D eigenvalue weighted by Crippen LogP contribution is 2.45. The minimum absolute atomic E-state index is 0.150. The molecule has 90 valence electrons. The average molecular weight is 225 g/mol. The van der Waals surface area contributed by atoms with Gasteiger partial charge in [-0.3, -0.25) is 9.59 Å². The first-order valence-corrected chi connectivity index (χ1v) is 6.01. The summed E-state index contributed by atoms with van der Waals surface area (Å²) in [5.74, 6) is -0.662. The third-order valence-electron chi connectivity index (χ3n) is 4.28. The second kappa shape index (κ2) is 4.07. The van der Waals surface area contributed by atoms with Crippen molar-refractivity contribution >= 4 is 11.9 Å². The zero-order chi connectivity index (χ0) is 11.8. The quantitative estimate of drug-likeness (QED) is 0.735. The van der Waals surface area contributed by atoms with Gasteiger partial charge in [0.2, 0.25) is 5.91 Å². The molecule has 4 nitrogen and oxygen atoms in total. The van der Waals surface area contributed by atoms with Crippen molar-refractivity contribution in [1.82, 2.24) is 4.90 Å². The predicted molar refractivity (Wildman–Crippen MR) is 58.9 cm³/mol. The van der Waals surface area contributed by atoms with Crippen LogP contribution in [-0.2, 0) is 9.59 Å². The smallest absolute Gasteiger partial charge is 0.306 e. The Hall–Kier alpha value is -1.06. The number of nitrogens with zero attached hydrogens (tertiary/aromatic N) is 1. The second-order valence-electron chi connectivity index (χ2n) is 5.30. The summed E-state index contributed by atoms with van der Waals surface area (Å²) in [6.45, 7) is 3.31. The Bertz CT molecular complexity index is 305. The topological polar surface area (TPSA) is 57.6 Å². The molecule has 0 atom stereocenters. The largest absolute Gasteiger partial charge is 0.481 e. The van der Waals surface area contributed by atoms with Crippen LogP contribution in [0, 0.1) is 11.3 Å². The summed E-state index contributed by atoms with van der Waals surface area (Å²) >= 11 is 0. The third kappa shape index (κ3) is 2.06.